The van der Waals surface area contributed by atoms with E-state index in [0.29, 0.717) is 19.8 Å². The summed E-state index contributed by atoms with van der Waals surface area (Å²) in [5.74, 6) is 0.274. The molecule has 4 atom stereocenters. The molecule has 1 aromatic heterocycles. The number of hydrogen-bond donors (Lipinski definition) is 0. The van der Waals surface area contributed by atoms with E-state index < -0.39 is 0 Å². The Kier molecular flexibility index (Phi) is 5.09. The molecule has 1 saturated heterocycles. The second-order valence-electron chi connectivity index (χ2n) is 7.96. The number of carbonyl (C=O) groups is 1. The van der Waals surface area contributed by atoms with E-state index in [-0.39, 0.29) is 29.6 Å². The zero-order chi connectivity index (χ0) is 18.0. The van der Waals surface area contributed by atoms with Crippen molar-refractivity contribution < 1.29 is 14.3 Å². The summed E-state index contributed by atoms with van der Waals surface area (Å²) < 4.78 is 12.3. The van der Waals surface area contributed by atoms with E-state index >= 15 is 0 Å². The Bertz CT molecular complexity index is 662. The topological polar surface area (TPSA) is 51.7 Å². The molecule has 140 valence electrons. The predicted molar refractivity (Wildman–Crippen MR) is 98.4 cm³/mol. The van der Waals surface area contributed by atoms with Crippen LogP contribution in [-0.4, -0.2) is 47.2 Å². The van der Waals surface area contributed by atoms with E-state index in [0.717, 1.165) is 37.7 Å². The standard InChI is InChI=1S/C21H28N2O3/c1-21(9-3-2-4-10-21)20(24)23-13-14-25-18-6-5-17(23)19(18)26-15-16-7-11-22-12-8-16/h2-3,7-8,11-12,17-19H,4-6,9-10,13-15H2,1H3/t17-,18-,19+,21+/m0/s1. The van der Waals surface area contributed by atoms with Gasteiger partial charge in [-0.2, -0.15) is 0 Å². The minimum Gasteiger partial charge on any atom is -0.374 e. The average molecular weight is 356 g/mol. The summed E-state index contributed by atoms with van der Waals surface area (Å²) in [7, 11) is 0. The number of pyridine rings is 1. The number of ether oxygens (including phenoxy) is 2. The van der Waals surface area contributed by atoms with Crippen molar-refractivity contribution in [3.05, 3.63) is 42.2 Å². The number of fused-ring (bicyclic) bond motifs is 2. The summed E-state index contributed by atoms with van der Waals surface area (Å²) in [6.07, 6.45) is 12.6. The van der Waals surface area contributed by atoms with Crippen molar-refractivity contribution in [2.75, 3.05) is 13.2 Å². The van der Waals surface area contributed by atoms with E-state index in [1.807, 2.05) is 12.1 Å². The lowest BCUT2D eigenvalue weighted by atomic mass is 9.77. The zero-order valence-corrected chi connectivity index (χ0v) is 15.5. The van der Waals surface area contributed by atoms with E-state index in [1.165, 1.54) is 0 Å². The van der Waals surface area contributed by atoms with Crippen molar-refractivity contribution in [2.24, 2.45) is 5.41 Å². The first-order valence-corrected chi connectivity index (χ1v) is 9.75. The quantitative estimate of drug-likeness (QED) is 0.778. The molecular formula is C21H28N2O3. The van der Waals surface area contributed by atoms with E-state index in [4.69, 9.17) is 9.47 Å². The van der Waals surface area contributed by atoms with Gasteiger partial charge in [0, 0.05) is 18.9 Å². The van der Waals surface area contributed by atoms with Crippen LogP contribution in [0.5, 0.6) is 0 Å². The van der Waals surface area contributed by atoms with Crippen LogP contribution in [0.15, 0.2) is 36.7 Å². The molecule has 1 amide bonds. The molecular weight excluding hydrogens is 328 g/mol. The van der Waals surface area contributed by atoms with Crippen molar-refractivity contribution in [3.8, 4) is 0 Å². The second-order valence-corrected chi connectivity index (χ2v) is 7.96. The van der Waals surface area contributed by atoms with Crippen molar-refractivity contribution in [1.29, 1.82) is 0 Å². The summed E-state index contributed by atoms with van der Waals surface area (Å²) in [4.78, 5) is 19.5. The lowest BCUT2D eigenvalue weighted by Crippen LogP contribution is -2.51. The fourth-order valence-electron chi connectivity index (χ4n) is 4.54. The van der Waals surface area contributed by atoms with Gasteiger partial charge in [-0.05, 0) is 49.8 Å². The van der Waals surface area contributed by atoms with Gasteiger partial charge in [0.2, 0.25) is 5.91 Å². The number of aromatic nitrogens is 1. The third-order valence-corrected chi connectivity index (χ3v) is 6.12. The van der Waals surface area contributed by atoms with Crippen LogP contribution in [0.4, 0.5) is 0 Å². The Balaban J connectivity index is 1.49. The highest BCUT2D eigenvalue weighted by atomic mass is 16.5. The lowest BCUT2D eigenvalue weighted by molar-refractivity contribution is -0.146. The Hall–Kier alpha value is -1.72. The van der Waals surface area contributed by atoms with Crippen LogP contribution in [0.1, 0.15) is 44.6 Å². The molecule has 0 aromatic carbocycles. The molecule has 5 heteroatoms. The molecule has 3 aliphatic rings. The third-order valence-electron chi connectivity index (χ3n) is 6.12. The number of nitrogens with zero attached hydrogens (tertiary/aromatic N) is 2. The van der Waals surface area contributed by atoms with E-state index in [2.05, 4.69) is 29.0 Å². The van der Waals surface area contributed by atoms with Gasteiger partial charge in [-0.3, -0.25) is 9.78 Å². The number of allylic oxidation sites excluding steroid dienone is 2. The van der Waals surface area contributed by atoms with Gasteiger partial charge in [-0.1, -0.05) is 19.1 Å². The maximum atomic E-state index is 13.4. The highest BCUT2D eigenvalue weighted by molar-refractivity contribution is 5.83. The van der Waals surface area contributed by atoms with Crippen LogP contribution in [-0.2, 0) is 20.9 Å². The van der Waals surface area contributed by atoms with Gasteiger partial charge in [-0.15, -0.1) is 0 Å². The molecule has 2 heterocycles. The molecule has 0 spiro atoms. The molecule has 0 unspecified atom stereocenters. The molecule has 0 radical (unpaired) electrons. The minimum absolute atomic E-state index is 0.0441. The van der Waals surface area contributed by atoms with Crippen LogP contribution >= 0.6 is 0 Å². The predicted octanol–water partition coefficient (Wildman–Crippen LogP) is 3.10. The zero-order valence-electron chi connectivity index (χ0n) is 15.5. The van der Waals surface area contributed by atoms with Crippen LogP contribution in [0.25, 0.3) is 0 Å². The van der Waals surface area contributed by atoms with Gasteiger partial charge in [0.05, 0.1) is 30.8 Å². The van der Waals surface area contributed by atoms with Crippen molar-refractivity contribution in [2.45, 2.75) is 63.9 Å². The van der Waals surface area contributed by atoms with Gasteiger partial charge in [-0.25, -0.2) is 0 Å². The highest BCUT2D eigenvalue weighted by Crippen LogP contribution is 2.39. The Morgan fingerprint density at radius 3 is 2.96 bits per heavy atom. The van der Waals surface area contributed by atoms with Gasteiger partial charge in [0.25, 0.3) is 0 Å². The van der Waals surface area contributed by atoms with Crippen molar-refractivity contribution >= 4 is 5.91 Å². The fourth-order valence-corrected chi connectivity index (χ4v) is 4.54. The average Bonchev–Trinajstić information content (AvgIpc) is 2.96. The summed E-state index contributed by atoms with van der Waals surface area (Å²) in [6, 6.07) is 4.06. The number of amides is 1. The Labute approximate surface area is 155 Å². The van der Waals surface area contributed by atoms with E-state index in [9.17, 15) is 4.79 Å². The number of carbonyl (C=O) groups excluding carboxylic acids is 1. The lowest BCUT2D eigenvalue weighted by Gasteiger charge is -2.39. The summed E-state index contributed by atoms with van der Waals surface area (Å²) in [6.45, 7) is 3.93. The smallest absolute Gasteiger partial charge is 0.229 e. The van der Waals surface area contributed by atoms with Gasteiger partial charge >= 0.3 is 0 Å². The van der Waals surface area contributed by atoms with Crippen LogP contribution in [0.2, 0.25) is 0 Å². The molecule has 1 saturated carbocycles. The SMILES string of the molecule is C[C@@]1(C(=O)N2CCO[C@H]3CC[C@H]2[C@H]3OCc2ccncc2)CC=CCC1. The maximum absolute atomic E-state index is 13.4. The normalized spacial score (nSPS) is 33.9. The highest BCUT2D eigenvalue weighted by Gasteiger charge is 2.48. The first kappa shape index (κ1) is 17.7. The van der Waals surface area contributed by atoms with Crippen molar-refractivity contribution in [1.82, 2.24) is 9.88 Å². The molecule has 1 aromatic rings. The first-order valence-electron chi connectivity index (χ1n) is 9.75. The Morgan fingerprint density at radius 1 is 1.35 bits per heavy atom. The van der Waals surface area contributed by atoms with Crippen LogP contribution in [0.3, 0.4) is 0 Å². The summed E-state index contributed by atoms with van der Waals surface area (Å²) >= 11 is 0. The maximum Gasteiger partial charge on any atom is 0.229 e. The van der Waals surface area contributed by atoms with Gasteiger partial charge < -0.3 is 14.4 Å². The molecule has 0 N–H and O–H groups in total. The number of rotatable bonds is 4. The largest absolute Gasteiger partial charge is 0.374 e. The van der Waals surface area contributed by atoms with Gasteiger partial charge in [0.15, 0.2) is 0 Å². The first-order chi connectivity index (χ1) is 12.7. The molecule has 1 aliphatic heterocycles. The molecule has 4 rings (SSSR count). The fraction of sp³-hybridized carbons (Fsp3) is 0.619. The molecule has 2 fully saturated rings. The molecule has 5 nitrogen and oxygen atoms in total. The van der Waals surface area contributed by atoms with E-state index in [1.54, 1.807) is 12.4 Å². The summed E-state index contributed by atoms with van der Waals surface area (Å²) in [5, 5.41) is 0. The molecule has 2 aliphatic carbocycles. The molecule has 2 bridgehead atoms. The van der Waals surface area contributed by atoms with Crippen molar-refractivity contribution in [3.63, 3.8) is 0 Å². The van der Waals surface area contributed by atoms with Crippen LogP contribution < -0.4 is 0 Å². The van der Waals surface area contributed by atoms with Crippen LogP contribution in [0, 0.1) is 5.41 Å². The minimum atomic E-state index is -0.285. The molecule has 26 heavy (non-hydrogen) atoms. The second kappa shape index (κ2) is 7.49. The Morgan fingerprint density at radius 2 is 2.19 bits per heavy atom. The monoisotopic (exact) mass is 356 g/mol. The van der Waals surface area contributed by atoms with Gasteiger partial charge in [0.1, 0.15) is 6.10 Å². The third kappa shape index (κ3) is 3.42. The number of hydrogen-bond acceptors (Lipinski definition) is 4. The summed E-state index contributed by atoms with van der Waals surface area (Å²) in [5.41, 5.74) is 0.818.